The number of benzene rings is 2. The number of hydrogen-bond acceptors (Lipinski definition) is 4. The fourth-order valence-electron chi connectivity index (χ4n) is 4.24. The van der Waals surface area contributed by atoms with Crippen molar-refractivity contribution in [2.75, 3.05) is 4.72 Å². The molecule has 30 heavy (non-hydrogen) atoms. The van der Waals surface area contributed by atoms with Crippen molar-refractivity contribution < 1.29 is 8.42 Å². The largest absolute Gasteiger partial charge is 0.311 e. The molecular formula is C22H25ClN4O2S. The van der Waals surface area contributed by atoms with Crippen molar-refractivity contribution >= 4 is 27.3 Å². The van der Waals surface area contributed by atoms with Crippen LogP contribution in [0.1, 0.15) is 41.8 Å². The molecule has 0 bridgehead atoms. The minimum absolute atomic E-state index is 0.306. The molecule has 1 N–H and O–H groups in total. The molecule has 0 spiro atoms. The Morgan fingerprint density at radius 1 is 1.00 bits per heavy atom. The Hall–Kier alpha value is -2.38. The van der Waals surface area contributed by atoms with Crippen LogP contribution in [0.5, 0.6) is 0 Å². The van der Waals surface area contributed by atoms with Crippen LogP contribution in [0, 0.1) is 20.8 Å². The van der Waals surface area contributed by atoms with E-state index in [1.807, 2.05) is 32.9 Å². The second kappa shape index (κ2) is 8.04. The molecule has 8 heteroatoms. The smallest absolute Gasteiger partial charge is 0.262 e. The molecule has 0 saturated heterocycles. The van der Waals surface area contributed by atoms with E-state index in [0.29, 0.717) is 27.0 Å². The van der Waals surface area contributed by atoms with E-state index in [0.717, 1.165) is 54.7 Å². The number of fused-ring (bicyclic) bond motifs is 1. The first-order valence-electron chi connectivity index (χ1n) is 10.1. The third-order valence-electron chi connectivity index (χ3n) is 5.44. The highest BCUT2D eigenvalue weighted by Crippen LogP contribution is 2.32. The van der Waals surface area contributed by atoms with Gasteiger partial charge in [-0.2, -0.15) is 0 Å². The first-order chi connectivity index (χ1) is 14.3. The SMILES string of the molecule is Cc1cc(C)c(S(=O)(=O)Nc2ccc(Cl)c(-c3nnc4n3CCCCC4)c2)c(C)c1. The Labute approximate surface area is 182 Å². The lowest BCUT2D eigenvalue weighted by Gasteiger charge is -2.15. The average Bonchev–Trinajstić information content (AvgIpc) is 2.89. The molecule has 0 unspecified atom stereocenters. The molecule has 0 fully saturated rings. The number of sulfonamides is 1. The molecule has 4 rings (SSSR count). The summed E-state index contributed by atoms with van der Waals surface area (Å²) in [5, 5.41) is 9.20. The number of hydrogen-bond donors (Lipinski definition) is 1. The number of aromatic nitrogens is 3. The molecule has 0 aliphatic carbocycles. The van der Waals surface area contributed by atoms with Crippen LogP contribution in [0.15, 0.2) is 35.2 Å². The molecule has 2 aromatic carbocycles. The van der Waals surface area contributed by atoms with Crippen LogP contribution in [0.3, 0.4) is 0 Å². The van der Waals surface area contributed by atoms with Crippen LogP contribution >= 0.6 is 11.6 Å². The number of nitrogens with zero attached hydrogens (tertiary/aromatic N) is 3. The summed E-state index contributed by atoms with van der Waals surface area (Å²) >= 11 is 6.47. The molecule has 1 aromatic heterocycles. The van der Waals surface area contributed by atoms with E-state index in [9.17, 15) is 8.42 Å². The van der Waals surface area contributed by atoms with E-state index in [1.165, 1.54) is 0 Å². The third kappa shape index (κ3) is 3.96. The second-order valence-corrected chi connectivity index (χ2v) is 9.96. The highest BCUT2D eigenvalue weighted by atomic mass is 35.5. The lowest BCUT2D eigenvalue weighted by Crippen LogP contribution is -2.16. The maximum atomic E-state index is 13.1. The minimum Gasteiger partial charge on any atom is -0.311 e. The Bertz CT molecular complexity index is 1190. The van der Waals surface area contributed by atoms with Crippen LogP contribution in [0.25, 0.3) is 11.4 Å². The van der Waals surface area contributed by atoms with Gasteiger partial charge in [-0.05, 0) is 62.9 Å². The zero-order valence-corrected chi connectivity index (χ0v) is 18.9. The van der Waals surface area contributed by atoms with E-state index >= 15 is 0 Å². The van der Waals surface area contributed by atoms with Crippen molar-refractivity contribution in [1.82, 2.24) is 14.8 Å². The number of anilines is 1. The molecule has 3 aromatic rings. The standard InChI is InChI=1S/C22H25ClN4O2S/c1-14-11-15(2)21(16(3)12-14)30(28,29)26-17-8-9-19(23)18(13-17)22-25-24-20-7-5-4-6-10-27(20)22/h8-9,11-13,26H,4-7,10H2,1-3H3. The number of rotatable bonds is 4. The summed E-state index contributed by atoms with van der Waals surface area (Å²) in [7, 11) is -3.75. The van der Waals surface area contributed by atoms with Crippen LogP contribution in [-0.2, 0) is 23.0 Å². The van der Waals surface area contributed by atoms with Gasteiger partial charge in [0.2, 0.25) is 0 Å². The number of nitrogens with one attached hydrogen (secondary N) is 1. The van der Waals surface area contributed by atoms with Crippen LogP contribution in [-0.4, -0.2) is 23.2 Å². The van der Waals surface area contributed by atoms with Crippen LogP contribution in [0.4, 0.5) is 5.69 Å². The quantitative estimate of drug-likeness (QED) is 0.610. The summed E-state index contributed by atoms with van der Waals surface area (Å²) in [6, 6.07) is 8.85. The Kier molecular flexibility index (Phi) is 5.59. The number of aryl methyl sites for hydroxylation is 4. The van der Waals surface area contributed by atoms with Gasteiger partial charge in [0, 0.05) is 24.2 Å². The highest BCUT2D eigenvalue weighted by Gasteiger charge is 2.22. The molecule has 0 radical (unpaired) electrons. The summed E-state index contributed by atoms with van der Waals surface area (Å²) in [4.78, 5) is 0.306. The van der Waals surface area contributed by atoms with Gasteiger partial charge in [-0.3, -0.25) is 4.72 Å². The van der Waals surface area contributed by atoms with Gasteiger partial charge in [-0.15, -0.1) is 10.2 Å². The normalized spacial score (nSPS) is 14.3. The summed E-state index contributed by atoms with van der Waals surface area (Å²) in [6.07, 6.45) is 4.21. The van der Waals surface area contributed by atoms with E-state index in [1.54, 1.807) is 18.2 Å². The maximum Gasteiger partial charge on any atom is 0.262 e. The molecule has 6 nitrogen and oxygen atoms in total. The average molecular weight is 445 g/mol. The van der Waals surface area contributed by atoms with Crippen molar-refractivity contribution in [3.05, 3.63) is 57.9 Å². The van der Waals surface area contributed by atoms with Crippen molar-refractivity contribution in [1.29, 1.82) is 0 Å². The lowest BCUT2D eigenvalue weighted by molar-refractivity contribution is 0.600. The molecule has 158 valence electrons. The zero-order chi connectivity index (χ0) is 21.5. The van der Waals surface area contributed by atoms with Crippen LogP contribution in [0.2, 0.25) is 5.02 Å². The fourth-order valence-corrected chi connectivity index (χ4v) is 5.95. The van der Waals surface area contributed by atoms with Gasteiger partial charge in [0.15, 0.2) is 5.82 Å². The minimum atomic E-state index is -3.75. The van der Waals surface area contributed by atoms with E-state index in [2.05, 4.69) is 19.5 Å². The Morgan fingerprint density at radius 2 is 1.73 bits per heavy atom. The molecule has 0 saturated carbocycles. The summed E-state index contributed by atoms with van der Waals surface area (Å²) in [5.41, 5.74) is 3.59. The highest BCUT2D eigenvalue weighted by molar-refractivity contribution is 7.92. The topological polar surface area (TPSA) is 76.9 Å². The predicted octanol–water partition coefficient (Wildman–Crippen LogP) is 5.05. The molecule has 0 atom stereocenters. The second-order valence-electron chi connectivity index (χ2n) is 7.93. The molecule has 1 aliphatic rings. The summed E-state index contributed by atoms with van der Waals surface area (Å²) in [6.45, 7) is 6.42. The Morgan fingerprint density at radius 3 is 2.47 bits per heavy atom. The van der Waals surface area contributed by atoms with Gasteiger partial charge in [-0.1, -0.05) is 35.7 Å². The van der Waals surface area contributed by atoms with Gasteiger partial charge < -0.3 is 4.57 Å². The predicted molar refractivity (Wildman–Crippen MR) is 119 cm³/mol. The van der Waals surface area contributed by atoms with Gasteiger partial charge in [-0.25, -0.2) is 8.42 Å². The van der Waals surface area contributed by atoms with Crippen LogP contribution < -0.4 is 4.72 Å². The Balaban J connectivity index is 1.72. The van der Waals surface area contributed by atoms with Crippen molar-refractivity contribution in [2.24, 2.45) is 0 Å². The zero-order valence-electron chi connectivity index (χ0n) is 17.4. The first kappa shape index (κ1) is 20.9. The third-order valence-corrected chi connectivity index (χ3v) is 7.46. The monoisotopic (exact) mass is 444 g/mol. The van der Waals surface area contributed by atoms with Crippen molar-refractivity contribution in [3.8, 4) is 11.4 Å². The van der Waals surface area contributed by atoms with Gasteiger partial charge >= 0.3 is 0 Å². The van der Waals surface area contributed by atoms with Gasteiger partial charge in [0.1, 0.15) is 5.82 Å². The van der Waals surface area contributed by atoms with E-state index in [4.69, 9.17) is 11.6 Å². The maximum absolute atomic E-state index is 13.1. The number of halogens is 1. The first-order valence-corrected chi connectivity index (χ1v) is 11.9. The lowest BCUT2D eigenvalue weighted by atomic mass is 10.1. The van der Waals surface area contributed by atoms with Crippen molar-refractivity contribution in [2.45, 2.75) is 57.9 Å². The van der Waals surface area contributed by atoms with E-state index in [-0.39, 0.29) is 0 Å². The molecular weight excluding hydrogens is 420 g/mol. The molecule has 2 heterocycles. The van der Waals surface area contributed by atoms with Gasteiger partial charge in [0.05, 0.1) is 9.92 Å². The van der Waals surface area contributed by atoms with Gasteiger partial charge in [0.25, 0.3) is 10.0 Å². The summed E-state index contributed by atoms with van der Waals surface area (Å²) in [5.74, 6) is 1.64. The van der Waals surface area contributed by atoms with Crippen molar-refractivity contribution in [3.63, 3.8) is 0 Å². The molecule has 0 amide bonds. The fraction of sp³-hybridized carbons (Fsp3) is 0.364. The summed E-state index contributed by atoms with van der Waals surface area (Å²) < 4.78 is 31.1. The molecule has 1 aliphatic heterocycles. The van der Waals surface area contributed by atoms with E-state index < -0.39 is 10.0 Å².